The van der Waals surface area contributed by atoms with Gasteiger partial charge < -0.3 is 15.0 Å². The van der Waals surface area contributed by atoms with Crippen LogP contribution >= 0.6 is 23.2 Å². The Morgan fingerprint density at radius 2 is 1.69 bits per heavy atom. The van der Waals surface area contributed by atoms with Crippen LogP contribution in [-0.4, -0.2) is 35.9 Å². The minimum absolute atomic E-state index is 0.161. The lowest BCUT2D eigenvalue weighted by molar-refractivity contribution is -0.143. The number of carbonyl (C=O) groups excluding carboxylic acids is 2. The van der Waals surface area contributed by atoms with Crippen molar-refractivity contribution in [2.24, 2.45) is 0 Å². The Kier molecular flexibility index (Phi) is 10.8. The Bertz CT molecular complexity index is 887. The van der Waals surface area contributed by atoms with E-state index in [0.29, 0.717) is 28.8 Å². The van der Waals surface area contributed by atoms with Crippen LogP contribution in [0.25, 0.3) is 0 Å². The number of hydrogen-bond acceptors (Lipinski definition) is 3. The van der Waals surface area contributed by atoms with E-state index in [-0.39, 0.29) is 25.0 Å². The summed E-state index contributed by atoms with van der Waals surface area (Å²) >= 11 is 12.2. The van der Waals surface area contributed by atoms with Crippen LogP contribution in [0.4, 0.5) is 0 Å². The molecule has 0 saturated heterocycles. The molecule has 32 heavy (non-hydrogen) atoms. The van der Waals surface area contributed by atoms with Gasteiger partial charge >= 0.3 is 0 Å². The summed E-state index contributed by atoms with van der Waals surface area (Å²) in [6.45, 7) is 6.69. The lowest BCUT2D eigenvalue weighted by Crippen LogP contribution is -2.50. The van der Waals surface area contributed by atoms with E-state index < -0.39 is 6.04 Å². The zero-order valence-corrected chi connectivity index (χ0v) is 20.5. The van der Waals surface area contributed by atoms with E-state index in [1.807, 2.05) is 31.2 Å². The van der Waals surface area contributed by atoms with Gasteiger partial charge in [-0.15, -0.1) is 0 Å². The number of hydrogen-bond donors (Lipinski definition) is 1. The molecule has 2 aromatic rings. The smallest absolute Gasteiger partial charge is 0.261 e. The van der Waals surface area contributed by atoms with Crippen LogP contribution in [0.2, 0.25) is 10.0 Å². The number of unbranched alkanes of at least 4 members (excludes halogenated alkanes) is 1. The maximum Gasteiger partial charge on any atom is 0.261 e. The van der Waals surface area contributed by atoms with Crippen LogP contribution in [-0.2, 0) is 22.6 Å². The highest BCUT2D eigenvalue weighted by atomic mass is 35.5. The molecule has 174 valence electrons. The Morgan fingerprint density at radius 3 is 2.28 bits per heavy atom. The number of amides is 2. The van der Waals surface area contributed by atoms with E-state index in [2.05, 4.69) is 19.2 Å². The van der Waals surface area contributed by atoms with E-state index in [4.69, 9.17) is 27.9 Å². The molecular formula is C25H32Cl2N2O3. The zero-order chi connectivity index (χ0) is 23.5. The fourth-order valence-electron chi connectivity index (χ4n) is 3.31. The maximum atomic E-state index is 13.2. The van der Waals surface area contributed by atoms with E-state index >= 15 is 0 Å². The molecule has 0 aliphatic rings. The van der Waals surface area contributed by atoms with Gasteiger partial charge in [-0.05, 0) is 54.7 Å². The molecular weight excluding hydrogens is 447 g/mol. The number of aryl methyl sites for hydroxylation is 1. The van der Waals surface area contributed by atoms with Crippen molar-refractivity contribution in [3.63, 3.8) is 0 Å². The second-order valence-corrected chi connectivity index (χ2v) is 8.44. The van der Waals surface area contributed by atoms with Gasteiger partial charge in [0.15, 0.2) is 6.61 Å². The third kappa shape index (κ3) is 7.72. The highest BCUT2D eigenvalue weighted by molar-refractivity contribution is 6.42. The summed E-state index contributed by atoms with van der Waals surface area (Å²) in [4.78, 5) is 27.6. The van der Waals surface area contributed by atoms with Gasteiger partial charge in [0.2, 0.25) is 5.91 Å². The number of carbonyl (C=O) groups is 2. The molecule has 5 nitrogen and oxygen atoms in total. The Labute approximate surface area is 201 Å². The van der Waals surface area contributed by atoms with Crippen molar-refractivity contribution in [1.82, 2.24) is 10.2 Å². The highest BCUT2D eigenvalue weighted by Crippen LogP contribution is 2.24. The van der Waals surface area contributed by atoms with Crippen molar-refractivity contribution >= 4 is 35.0 Å². The maximum absolute atomic E-state index is 13.2. The standard InChI is InChI=1S/C25H32Cl2N2O3/c1-4-7-14-28-25(31)23(6-3)29(16-19-10-13-21(26)22(27)15-19)24(30)17-32-20-11-8-18(5-2)9-12-20/h8-13,15,23H,4-7,14,16-17H2,1-3H3,(H,28,31). The van der Waals surface area contributed by atoms with Gasteiger partial charge in [0.05, 0.1) is 10.0 Å². The van der Waals surface area contributed by atoms with Gasteiger partial charge in [-0.3, -0.25) is 9.59 Å². The van der Waals surface area contributed by atoms with Crippen LogP contribution in [0.5, 0.6) is 5.75 Å². The molecule has 0 aliphatic carbocycles. The molecule has 1 unspecified atom stereocenters. The molecule has 0 aromatic heterocycles. The van der Waals surface area contributed by atoms with Crippen LogP contribution in [0.1, 0.15) is 51.2 Å². The second-order valence-electron chi connectivity index (χ2n) is 7.62. The van der Waals surface area contributed by atoms with E-state index in [9.17, 15) is 9.59 Å². The predicted molar refractivity (Wildman–Crippen MR) is 130 cm³/mol. The van der Waals surface area contributed by atoms with Crippen molar-refractivity contribution in [1.29, 1.82) is 0 Å². The average Bonchev–Trinajstić information content (AvgIpc) is 2.80. The Balaban J connectivity index is 2.18. The number of rotatable bonds is 12. The average molecular weight is 479 g/mol. The van der Waals surface area contributed by atoms with Crippen molar-refractivity contribution < 1.29 is 14.3 Å². The highest BCUT2D eigenvalue weighted by Gasteiger charge is 2.29. The topological polar surface area (TPSA) is 58.6 Å². The summed E-state index contributed by atoms with van der Waals surface area (Å²) in [5.74, 6) is 0.181. The lowest BCUT2D eigenvalue weighted by Gasteiger charge is -2.30. The fourth-order valence-corrected chi connectivity index (χ4v) is 3.63. The SMILES string of the molecule is CCCCNC(=O)C(CC)N(Cc1ccc(Cl)c(Cl)c1)C(=O)COc1ccc(CC)cc1. The van der Waals surface area contributed by atoms with Gasteiger partial charge in [0.1, 0.15) is 11.8 Å². The van der Waals surface area contributed by atoms with Gasteiger partial charge in [-0.25, -0.2) is 0 Å². The van der Waals surface area contributed by atoms with E-state index in [0.717, 1.165) is 24.8 Å². The van der Waals surface area contributed by atoms with Gasteiger partial charge in [0.25, 0.3) is 5.91 Å². The molecule has 2 aromatic carbocycles. The molecule has 0 fully saturated rings. The van der Waals surface area contributed by atoms with E-state index in [1.165, 1.54) is 5.56 Å². The largest absolute Gasteiger partial charge is 0.484 e. The minimum Gasteiger partial charge on any atom is -0.484 e. The zero-order valence-electron chi connectivity index (χ0n) is 19.0. The second kappa shape index (κ2) is 13.3. The molecule has 2 amide bonds. The molecule has 0 spiro atoms. The van der Waals surface area contributed by atoms with Crippen LogP contribution < -0.4 is 10.1 Å². The van der Waals surface area contributed by atoms with Crippen LogP contribution in [0, 0.1) is 0 Å². The number of halogens is 2. The summed E-state index contributed by atoms with van der Waals surface area (Å²) in [6.07, 6.45) is 3.28. The monoisotopic (exact) mass is 478 g/mol. The summed E-state index contributed by atoms with van der Waals surface area (Å²) in [5.41, 5.74) is 1.99. The third-order valence-corrected chi connectivity index (χ3v) is 5.99. The van der Waals surface area contributed by atoms with Crippen molar-refractivity contribution in [3.8, 4) is 5.75 Å². The quantitative estimate of drug-likeness (QED) is 0.400. The molecule has 0 saturated carbocycles. The summed E-state index contributed by atoms with van der Waals surface area (Å²) < 4.78 is 5.73. The number of benzene rings is 2. The fraction of sp³-hybridized carbons (Fsp3) is 0.440. The van der Waals surface area contributed by atoms with E-state index in [1.54, 1.807) is 23.1 Å². The third-order valence-electron chi connectivity index (χ3n) is 5.25. The molecule has 7 heteroatoms. The van der Waals surface area contributed by atoms with Gasteiger partial charge in [-0.1, -0.05) is 68.6 Å². The molecule has 0 radical (unpaired) electrons. The molecule has 0 heterocycles. The number of ether oxygens (including phenoxy) is 1. The predicted octanol–water partition coefficient (Wildman–Crippen LogP) is 5.66. The summed E-state index contributed by atoms with van der Waals surface area (Å²) in [6, 6.07) is 12.3. The Hall–Kier alpha value is -2.24. The number of nitrogens with zero attached hydrogens (tertiary/aromatic N) is 1. The van der Waals surface area contributed by atoms with Gasteiger partial charge in [-0.2, -0.15) is 0 Å². The lowest BCUT2D eigenvalue weighted by atomic mass is 10.1. The van der Waals surface area contributed by atoms with Crippen molar-refractivity contribution in [3.05, 3.63) is 63.6 Å². The first-order chi connectivity index (χ1) is 15.4. The number of nitrogens with one attached hydrogen (secondary N) is 1. The molecule has 0 bridgehead atoms. The van der Waals surface area contributed by atoms with Gasteiger partial charge in [0, 0.05) is 13.1 Å². The molecule has 1 atom stereocenters. The normalized spacial score (nSPS) is 11.7. The first-order valence-corrected chi connectivity index (χ1v) is 11.9. The van der Waals surface area contributed by atoms with Crippen molar-refractivity contribution in [2.75, 3.05) is 13.2 Å². The first-order valence-electron chi connectivity index (χ1n) is 11.1. The molecule has 0 aliphatic heterocycles. The molecule has 1 N–H and O–H groups in total. The van der Waals surface area contributed by atoms with Crippen molar-refractivity contribution in [2.45, 2.75) is 59.0 Å². The first kappa shape index (κ1) is 26.0. The minimum atomic E-state index is -0.611. The summed E-state index contributed by atoms with van der Waals surface area (Å²) in [7, 11) is 0. The van der Waals surface area contributed by atoms with Crippen LogP contribution in [0.15, 0.2) is 42.5 Å². The molecule has 2 rings (SSSR count). The summed E-state index contributed by atoms with van der Waals surface area (Å²) in [5, 5.41) is 3.79. The van der Waals surface area contributed by atoms with Crippen LogP contribution in [0.3, 0.4) is 0 Å². The Morgan fingerprint density at radius 1 is 1.00 bits per heavy atom.